The van der Waals surface area contributed by atoms with Gasteiger partial charge in [0.2, 0.25) is 5.91 Å². The zero-order valence-corrected chi connectivity index (χ0v) is 15.4. The molecule has 0 spiro atoms. The minimum atomic E-state index is 0.106. The van der Waals surface area contributed by atoms with Gasteiger partial charge in [0.1, 0.15) is 0 Å². The molecule has 4 rings (SSSR count). The smallest absolute Gasteiger partial charge is 0.224 e. The highest BCUT2D eigenvalue weighted by atomic mass is 16.1. The minimum absolute atomic E-state index is 0.106. The molecule has 1 atom stereocenters. The Balaban J connectivity index is 1.72. The summed E-state index contributed by atoms with van der Waals surface area (Å²) in [5.74, 6) is 0.437. The van der Waals surface area contributed by atoms with Gasteiger partial charge >= 0.3 is 0 Å². The molecular formula is C22H25N3O. The first kappa shape index (κ1) is 16.8. The topological polar surface area (TPSA) is 57.8 Å². The fraction of sp³-hybridized carbons (Fsp3) is 0.364. The second kappa shape index (κ2) is 6.94. The summed E-state index contributed by atoms with van der Waals surface area (Å²) in [4.78, 5) is 12.3. The van der Waals surface area contributed by atoms with E-state index in [4.69, 9.17) is 0 Å². The summed E-state index contributed by atoms with van der Waals surface area (Å²) in [6.45, 7) is 4.30. The number of rotatable bonds is 3. The molecule has 134 valence electrons. The summed E-state index contributed by atoms with van der Waals surface area (Å²) in [7, 11) is 0. The maximum atomic E-state index is 12.3. The van der Waals surface area contributed by atoms with Gasteiger partial charge in [-0.25, -0.2) is 0 Å². The van der Waals surface area contributed by atoms with Crippen LogP contribution in [0.2, 0.25) is 0 Å². The highest BCUT2D eigenvalue weighted by Gasteiger charge is 2.21. The molecule has 2 N–H and O–H groups in total. The summed E-state index contributed by atoms with van der Waals surface area (Å²) >= 11 is 0. The van der Waals surface area contributed by atoms with Gasteiger partial charge in [0.25, 0.3) is 0 Å². The molecule has 0 saturated carbocycles. The number of amides is 1. The van der Waals surface area contributed by atoms with Crippen LogP contribution in [0.1, 0.15) is 55.0 Å². The van der Waals surface area contributed by atoms with Gasteiger partial charge in [-0.3, -0.25) is 9.89 Å². The zero-order chi connectivity index (χ0) is 18.1. The summed E-state index contributed by atoms with van der Waals surface area (Å²) < 4.78 is 0. The number of aromatic amines is 1. The van der Waals surface area contributed by atoms with Gasteiger partial charge in [0.15, 0.2) is 0 Å². The number of aryl methyl sites for hydroxylation is 2. The fourth-order valence-corrected chi connectivity index (χ4v) is 3.94. The second-order valence-corrected chi connectivity index (χ2v) is 7.17. The fourth-order valence-electron chi connectivity index (χ4n) is 3.94. The van der Waals surface area contributed by atoms with Gasteiger partial charge in [0.05, 0.1) is 5.52 Å². The van der Waals surface area contributed by atoms with E-state index in [0.29, 0.717) is 12.3 Å². The summed E-state index contributed by atoms with van der Waals surface area (Å²) in [5.41, 5.74) is 6.99. The summed E-state index contributed by atoms with van der Waals surface area (Å²) in [6.07, 6.45) is 4.31. The highest BCUT2D eigenvalue weighted by molar-refractivity contribution is 5.92. The molecule has 1 aromatic heterocycles. The van der Waals surface area contributed by atoms with E-state index in [-0.39, 0.29) is 5.91 Å². The van der Waals surface area contributed by atoms with Crippen LogP contribution in [-0.2, 0) is 24.1 Å². The van der Waals surface area contributed by atoms with E-state index < -0.39 is 0 Å². The quantitative estimate of drug-likeness (QED) is 0.718. The SMILES string of the molecule is CCc1ccc2c(c1)CC(c1ccc3c(CC)[nH]nc3c1)CCC(=O)N2. The van der Waals surface area contributed by atoms with Crippen LogP contribution in [0.5, 0.6) is 0 Å². The standard InChI is InChI=1S/C22H25N3O/c1-3-14-5-9-20-17(11-14)12-15(7-10-22(26)23-20)16-6-8-18-19(4-2)24-25-21(18)13-16/h5-6,8-9,11,13,15H,3-4,7,10,12H2,1-2H3,(H,23,26)(H,24,25). The molecule has 3 aromatic rings. The van der Waals surface area contributed by atoms with Crippen LogP contribution >= 0.6 is 0 Å². The van der Waals surface area contributed by atoms with Crippen molar-refractivity contribution in [3.8, 4) is 0 Å². The van der Waals surface area contributed by atoms with E-state index in [1.54, 1.807) is 0 Å². The van der Waals surface area contributed by atoms with Crippen molar-refractivity contribution in [1.29, 1.82) is 0 Å². The molecule has 0 bridgehead atoms. The van der Waals surface area contributed by atoms with Crippen molar-refractivity contribution in [2.24, 2.45) is 0 Å². The molecule has 2 heterocycles. The number of carbonyl (C=O) groups is 1. The number of anilines is 1. The normalized spacial score (nSPS) is 17.5. The van der Waals surface area contributed by atoms with Crippen LogP contribution in [-0.4, -0.2) is 16.1 Å². The molecule has 4 nitrogen and oxygen atoms in total. The largest absolute Gasteiger partial charge is 0.326 e. The molecule has 0 aliphatic carbocycles. The zero-order valence-electron chi connectivity index (χ0n) is 15.4. The Morgan fingerprint density at radius 1 is 1.12 bits per heavy atom. The molecule has 26 heavy (non-hydrogen) atoms. The van der Waals surface area contributed by atoms with E-state index in [9.17, 15) is 4.79 Å². The molecule has 4 heteroatoms. The van der Waals surface area contributed by atoms with Crippen LogP contribution in [0, 0.1) is 0 Å². The lowest BCUT2D eigenvalue weighted by molar-refractivity contribution is -0.116. The highest BCUT2D eigenvalue weighted by Crippen LogP contribution is 2.33. The van der Waals surface area contributed by atoms with Crippen molar-refractivity contribution in [1.82, 2.24) is 10.2 Å². The number of nitrogens with zero attached hydrogens (tertiary/aromatic N) is 1. The van der Waals surface area contributed by atoms with Crippen molar-refractivity contribution in [2.45, 2.75) is 51.9 Å². The Hall–Kier alpha value is -2.62. The van der Waals surface area contributed by atoms with Gasteiger partial charge in [0, 0.05) is 23.2 Å². The van der Waals surface area contributed by atoms with Crippen molar-refractivity contribution in [3.05, 3.63) is 58.8 Å². The van der Waals surface area contributed by atoms with Crippen LogP contribution < -0.4 is 5.32 Å². The first-order chi connectivity index (χ1) is 12.7. The van der Waals surface area contributed by atoms with Crippen LogP contribution in [0.25, 0.3) is 10.9 Å². The molecule has 1 unspecified atom stereocenters. The van der Waals surface area contributed by atoms with Gasteiger partial charge in [-0.05, 0) is 60.4 Å². The predicted molar refractivity (Wildman–Crippen MR) is 106 cm³/mol. The number of benzene rings is 2. The second-order valence-electron chi connectivity index (χ2n) is 7.17. The Bertz CT molecular complexity index is 957. The lowest BCUT2D eigenvalue weighted by atomic mass is 9.85. The predicted octanol–water partition coefficient (Wildman–Crippen LogP) is 4.75. The summed E-state index contributed by atoms with van der Waals surface area (Å²) in [5, 5.41) is 11.9. The van der Waals surface area contributed by atoms with Gasteiger partial charge < -0.3 is 5.32 Å². The van der Waals surface area contributed by atoms with E-state index in [2.05, 4.69) is 65.8 Å². The molecular weight excluding hydrogens is 322 g/mol. The lowest BCUT2D eigenvalue weighted by Gasteiger charge is -2.23. The molecule has 0 radical (unpaired) electrons. The van der Waals surface area contributed by atoms with E-state index >= 15 is 0 Å². The molecule has 1 amide bonds. The number of carbonyl (C=O) groups excluding carboxylic acids is 1. The molecule has 1 aliphatic heterocycles. The molecule has 0 fully saturated rings. The van der Waals surface area contributed by atoms with E-state index in [0.717, 1.165) is 36.9 Å². The number of fused-ring (bicyclic) bond motifs is 2. The number of nitrogens with one attached hydrogen (secondary N) is 2. The van der Waals surface area contributed by atoms with Crippen molar-refractivity contribution in [2.75, 3.05) is 5.32 Å². The molecule has 0 saturated heterocycles. The van der Waals surface area contributed by atoms with Crippen molar-refractivity contribution in [3.63, 3.8) is 0 Å². The molecule has 2 aromatic carbocycles. The maximum Gasteiger partial charge on any atom is 0.224 e. The Kier molecular flexibility index (Phi) is 4.49. The number of aromatic nitrogens is 2. The Morgan fingerprint density at radius 2 is 2.00 bits per heavy atom. The number of hydrogen-bond donors (Lipinski definition) is 2. The third kappa shape index (κ3) is 3.12. The first-order valence-electron chi connectivity index (χ1n) is 9.56. The van der Waals surface area contributed by atoms with Crippen molar-refractivity contribution >= 4 is 22.5 Å². The maximum absolute atomic E-state index is 12.3. The number of hydrogen-bond acceptors (Lipinski definition) is 2. The Labute approximate surface area is 154 Å². The van der Waals surface area contributed by atoms with E-state index in [1.165, 1.54) is 27.8 Å². The van der Waals surface area contributed by atoms with Crippen molar-refractivity contribution < 1.29 is 4.79 Å². The van der Waals surface area contributed by atoms with Gasteiger partial charge in [-0.2, -0.15) is 5.10 Å². The lowest BCUT2D eigenvalue weighted by Crippen LogP contribution is -2.19. The average Bonchev–Trinajstić information content (AvgIpc) is 3.06. The van der Waals surface area contributed by atoms with Crippen LogP contribution in [0.15, 0.2) is 36.4 Å². The summed E-state index contributed by atoms with van der Waals surface area (Å²) in [6, 6.07) is 13.0. The van der Waals surface area contributed by atoms with Gasteiger partial charge in [-0.1, -0.05) is 38.1 Å². The third-order valence-electron chi connectivity index (χ3n) is 5.52. The average molecular weight is 347 g/mol. The van der Waals surface area contributed by atoms with E-state index in [1.807, 2.05) is 0 Å². The third-order valence-corrected chi connectivity index (χ3v) is 5.52. The monoisotopic (exact) mass is 347 g/mol. The van der Waals surface area contributed by atoms with Crippen LogP contribution in [0.4, 0.5) is 5.69 Å². The Morgan fingerprint density at radius 3 is 2.81 bits per heavy atom. The minimum Gasteiger partial charge on any atom is -0.326 e. The van der Waals surface area contributed by atoms with Gasteiger partial charge in [-0.15, -0.1) is 0 Å². The molecule has 1 aliphatic rings. The van der Waals surface area contributed by atoms with Crippen LogP contribution in [0.3, 0.4) is 0 Å². The first-order valence-corrected chi connectivity index (χ1v) is 9.56. The number of H-pyrrole nitrogens is 1.